The van der Waals surface area contributed by atoms with Crippen LogP contribution in [-0.4, -0.2) is 37.6 Å². The van der Waals surface area contributed by atoms with Crippen LogP contribution in [0, 0.1) is 0 Å². The first-order valence-corrected chi connectivity index (χ1v) is 8.91. The first-order valence-electron chi connectivity index (χ1n) is 8.91. The number of nitrogens with zero attached hydrogens (tertiary/aromatic N) is 2. The number of benzene rings is 1. The zero-order valence-corrected chi connectivity index (χ0v) is 14.8. The molecule has 6 heteroatoms. The average molecular weight is 344 g/mol. The Kier molecular flexibility index (Phi) is 4.37. The molecule has 2 heterocycles. The molecule has 1 aromatic carbocycles. The average Bonchev–Trinajstić information content (AvgIpc) is 3.41. The predicted molar refractivity (Wildman–Crippen MR) is 91.3 cm³/mol. The molecular weight excluding hydrogens is 320 g/mol. The molecule has 1 saturated carbocycles. The van der Waals surface area contributed by atoms with Crippen molar-refractivity contribution in [2.45, 2.75) is 43.4 Å². The highest BCUT2D eigenvalue weighted by atomic mass is 16.5. The molecule has 1 saturated heterocycles. The quantitative estimate of drug-likeness (QED) is 0.828. The zero-order chi connectivity index (χ0) is 17.3. The molecule has 2 aliphatic rings. The Hall–Kier alpha value is -2.08. The van der Waals surface area contributed by atoms with Crippen LogP contribution in [0.1, 0.15) is 55.3 Å². The molecule has 0 radical (unpaired) electrons. The van der Waals surface area contributed by atoms with Gasteiger partial charge in [0, 0.05) is 12.5 Å². The van der Waals surface area contributed by atoms with Crippen LogP contribution in [0.2, 0.25) is 0 Å². The van der Waals surface area contributed by atoms with Gasteiger partial charge in [-0.25, -0.2) is 0 Å². The Morgan fingerprint density at radius 1 is 1.12 bits per heavy atom. The molecule has 2 fully saturated rings. The fourth-order valence-corrected chi connectivity index (χ4v) is 4.07. The topological polar surface area (TPSA) is 66.6 Å². The lowest BCUT2D eigenvalue weighted by Gasteiger charge is -2.26. The molecule has 6 nitrogen and oxygen atoms in total. The highest BCUT2D eigenvalue weighted by Crippen LogP contribution is 2.47. The third kappa shape index (κ3) is 2.78. The lowest BCUT2D eigenvalue weighted by atomic mass is 9.78. The Morgan fingerprint density at radius 2 is 1.92 bits per heavy atom. The summed E-state index contributed by atoms with van der Waals surface area (Å²) in [6.45, 7) is 1.46. The molecule has 4 rings (SSSR count). The molecule has 2 aromatic rings. The molecule has 0 N–H and O–H groups in total. The highest BCUT2D eigenvalue weighted by molar-refractivity contribution is 5.47. The van der Waals surface area contributed by atoms with Crippen molar-refractivity contribution >= 4 is 0 Å². The summed E-state index contributed by atoms with van der Waals surface area (Å²) in [7, 11) is 3.31. The maximum Gasteiger partial charge on any atom is 0.237 e. The Balaban J connectivity index is 1.73. The third-order valence-corrected chi connectivity index (χ3v) is 5.54. The number of rotatable bonds is 5. The van der Waals surface area contributed by atoms with Gasteiger partial charge in [0.2, 0.25) is 5.89 Å². The maximum atomic E-state index is 5.76. The van der Waals surface area contributed by atoms with E-state index < -0.39 is 0 Å². The van der Waals surface area contributed by atoms with Gasteiger partial charge < -0.3 is 18.7 Å². The van der Waals surface area contributed by atoms with Gasteiger partial charge in [0.15, 0.2) is 17.3 Å². The summed E-state index contributed by atoms with van der Waals surface area (Å²) in [5, 5.41) is 4.27. The zero-order valence-electron chi connectivity index (χ0n) is 14.8. The summed E-state index contributed by atoms with van der Waals surface area (Å²) in [4.78, 5) is 4.79. The predicted octanol–water partition coefficient (Wildman–Crippen LogP) is 3.45. The molecule has 0 bridgehead atoms. The number of methoxy groups -OCH3 is 2. The fraction of sp³-hybridized carbons (Fsp3) is 0.579. The van der Waals surface area contributed by atoms with Crippen molar-refractivity contribution in [3.63, 3.8) is 0 Å². The van der Waals surface area contributed by atoms with E-state index in [1.807, 2.05) is 12.1 Å². The summed E-state index contributed by atoms with van der Waals surface area (Å²) in [6.07, 6.45) is 5.27. The SMILES string of the molecule is COc1ccc(C2(c3nc(C4CCOC4)no3)CCCC2)cc1OC. The first-order chi connectivity index (χ1) is 12.3. The Morgan fingerprint density at radius 3 is 2.60 bits per heavy atom. The van der Waals surface area contributed by atoms with E-state index in [2.05, 4.69) is 11.2 Å². The minimum atomic E-state index is -0.232. The van der Waals surface area contributed by atoms with Gasteiger partial charge in [0.1, 0.15) is 0 Å². The molecule has 0 spiro atoms. The number of aromatic nitrogens is 2. The third-order valence-electron chi connectivity index (χ3n) is 5.54. The first kappa shape index (κ1) is 16.4. The molecule has 1 aliphatic carbocycles. The van der Waals surface area contributed by atoms with E-state index in [9.17, 15) is 0 Å². The highest BCUT2D eigenvalue weighted by Gasteiger charge is 2.43. The van der Waals surface area contributed by atoms with Crippen LogP contribution < -0.4 is 9.47 Å². The van der Waals surface area contributed by atoms with Crippen LogP contribution in [0.15, 0.2) is 22.7 Å². The summed E-state index contributed by atoms with van der Waals surface area (Å²) in [5.41, 5.74) is 0.921. The van der Waals surface area contributed by atoms with E-state index in [1.54, 1.807) is 14.2 Å². The van der Waals surface area contributed by atoms with Crippen molar-refractivity contribution in [3.05, 3.63) is 35.5 Å². The standard InChI is InChI=1S/C19H24N2O4/c1-22-15-6-5-14(11-16(15)23-2)19(8-3-4-9-19)18-20-17(21-25-18)13-7-10-24-12-13/h5-6,11,13H,3-4,7-10,12H2,1-2H3. The van der Waals surface area contributed by atoms with Crippen molar-refractivity contribution in [1.82, 2.24) is 10.1 Å². The fourth-order valence-electron chi connectivity index (χ4n) is 4.07. The van der Waals surface area contributed by atoms with E-state index in [-0.39, 0.29) is 11.3 Å². The lowest BCUT2D eigenvalue weighted by molar-refractivity contribution is 0.192. The maximum absolute atomic E-state index is 5.76. The van der Waals surface area contributed by atoms with Crippen molar-refractivity contribution in [3.8, 4) is 11.5 Å². The number of hydrogen-bond acceptors (Lipinski definition) is 6. The molecule has 1 aromatic heterocycles. The minimum absolute atomic E-state index is 0.232. The van der Waals surface area contributed by atoms with Gasteiger partial charge in [-0.15, -0.1) is 0 Å². The van der Waals surface area contributed by atoms with E-state index in [0.717, 1.165) is 67.5 Å². The molecule has 1 aliphatic heterocycles. The molecule has 1 unspecified atom stereocenters. The van der Waals surface area contributed by atoms with Gasteiger partial charge >= 0.3 is 0 Å². The van der Waals surface area contributed by atoms with E-state index in [1.165, 1.54) is 0 Å². The van der Waals surface area contributed by atoms with Crippen molar-refractivity contribution in [2.24, 2.45) is 0 Å². The van der Waals surface area contributed by atoms with Gasteiger partial charge in [0.05, 0.1) is 26.2 Å². The normalized spacial score (nSPS) is 22.2. The largest absolute Gasteiger partial charge is 0.493 e. The lowest BCUT2D eigenvalue weighted by Crippen LogP contribution is -2.24. The van der Waals surface area contributed by atoms with Gasteiger partial charge in [-0.1, -0.05) is 24.1 Å². The van der Waals surface area contributed by atoms with Crippen LogP contribution in [0.3, 0.4) is 0 Å². The van der Waals surface area contributed by atoms with Gasteiger partial charge in [-0.3, -0.25) is 0 Å². The second-order valence-corrected chi connectivity index (χ2v) is 6.88. The van der Waals surface area contributed by atoms with Crippen molar-refractivity contribution in [1.29, 1.82) is 0 Å². The number of ether oxygens (including phenoxy) is 3. The summed E-state index contributed by atoms with van der Waals surface area (Å²) < 4.78 is 22.1. The molecule has 25 heavy (non-hydrogen) atoms. The van der Waals surface area contributed by atoms with Gasteiger partial charge in [-0.2, -0.15) is 4.98 Å². The molecule has 134 valence electrons. The van der Waals surface area contributed by atoms with Gasteiger partial charge in [0.25, 0.3) is 0 Å². The summed E-state index contributed by atoms with van der Waals surface area (Å²) in [6, 6.07) is 6.10. The Bertz CT molecular complexity index is 731. The smallest absolute Gasteiger partial charge is 0.237 e. The minimum Gasteiger partial charge on any atom is -0.493 e. The number of hydrogen-bond donors (Lipinski definition) is 0. The van der Waals surface area contributed by atoms with Crippen LogP contribution in [0.5, 0.6) is 11.5 Å². The summed E-state index contributed by atoms with van der Waals surface area (Å²) in [5.74, 6) is 3.21. The van der Waals surface area contributed by atoms with Crippen LogP contribution in [-0.2, 0) is 10.2 Å². The monoisotopic (exact) mass is 344 g/mol. The van der Waals surface area contributed by atoms with Crippen molar-refractivity contribution < 1.29 is 18.7 Å². The second kappa shape index (κ2) is 6.67. The summed E-state index contributed by atoms with van der Waals surface area (Å²) >= 11 is 0. The van der Waals surface area contributed by atoms with Crippen LogP contribution in [0.25, 0.3) is 0 Å². The van der Waals surface area contributed by atoms with E-state index >= 15 is 0 Å². The van der Waals surface area contributed by atoms with Crippen molar-refractivity contribution in [2.75, 3.05) is 27.4 Å². The molecule has 1 atom stereocenters. The van der Waals surface area contributed by atoms with Gasteiger partial charge in [-0.05, 0) is 37.0 Å². The van der Waals surface area contributed by atoms with E-state index in [4.69, 9.17) is 23.7 Å². The van der Waals surface area contributed by atoms with Crippen LogP contribution >= 0.6 is 0 Å². The second-order valence-electron chi connectivity index (χ2n) is 6.88. The van der Waals surface area contributed by atoms with Crippen LogP contribution in [0.4, 0.5) is 0 Å². The molecular formula is C19H24N2O4. The van der Waals surface area contributed by atoms with E-state index in [0.29, 0.717) is 6.61 Å². The molecule has 0 amide bonds. The Labute approximate surface area is 147 Å².